The molecule has 0 aromatic carbocycles. The first-order valence-corrected chi connectivity index (χ1v) is 5.85. The van der Waals surface area contributed by atoms with Gasteiger partial charge >= 0.3 is 0 Å². The van der Waals surface area contributed by atoms with Crippen LogP contribution in [-0.4, -0.2) is 28.2 Å². The van der Waals surface area contributed by atoms with Crippen molar-refractivity contribution in [1.29, 1.82) is 0 Å². The van der Waals surface area contributed by atoms with Crippen molar-refractivity contribution in [3.05, 3.63) is 11.9 Å². The number of nitrogens with zero attached hydrogens (tertiary/aromatic N) is 3. The van der Waals surface area contributed by atoms with Gasteiger partial charge in [0.15, 0.2) is 0 Å². The van der Waals surface area contributed by atoms with Crippen LogP contribution in [0, 0.1) is 5.92 Å². The van der Waals surface area contributed by atoms with Gasteiger partial charge in [-0.1, -0.05) is 12.1 Å². The van der Waals surface area contributed by atoms with Gasteiger partial charge in [-0.05, 0) is 12.8 Å². The predicted molar refractivity (Wildman–Crippen MR) is 57.8 cm³/mol. The van der Waals surface area contributed by atoms with E-state index in [4.69, 9.17) is 16.3 Å². The van der Waals surface area contributed by atoms with E-state index in [-0.39, 0.29) is 5.38 Å². The van der Waals surface area contributed by atoms with Crippen molar-refractivity contribution in [2.75, 3.05) is 13.2 Å². The third-order valence-corrected chi connectivity index (χ3v) is 3.24. The first-order valence-electron chi connectivity index (χ1n) is 5.41. The lowest BCUT2D eigenvalue weighted by Gasteiger charge is -2.05. The lowest BCUT2D eigenvalue weighted by atomic mass is 10.1. The van der Waals surface area contributed by atoms with Crippen molar-refractivity contribution < 1.29 is 4.74 Å². The van der Waals surface area contributed by atoms with E-state index in [2.05, 4.69) is 10.3 Å². The Labute approximate surface area is 94.6 Å². The first-order chi connectivity index (χ1) is 7.29. The van der Waals surface area contributed by atoms with E-state index in [0.29, 0.717) is 5.92 Å². The van der Waals surface area contributed by atoms with Crippen LogP contribution >= 0.6 is 11.6 Å². The molecule has 15 heavy (non-hydrogen) atoms. The number of halogens is 1. The lowest BCUT2D eigenvalue weighted by Crippen LogP contribution is -2.11. The van der Waals surface area contributed by atoms with Gasteiger partial charge in [-0.25, -0.2) is 0 Å². The summed E-state index contributed by atoms with van der Waals surface area (Å²) in [7, 11) is 0. The first kappa shape index (κ1) is 10.9. The highest BCUT2D eigenvalue weighted by molar-refractivity contribution is 6.20. The zero-order valence-corrected chi connectivity index (χ0v) is 9.65. The fourth-order valence-corrected chi connectivity index (χ4v) is 1.85. The molecule has 4 nitrogen and oxygen atoms in total. The monoisotopic (exact) mass is 229 g/mol. The molecule has 0 saturated carbocycles. The molecule has 2 unspecified atom stereocenters. The molecule has 1 aromatic rings. The van der Waals surface area contributed by atoms with Gasteiger partial charge in [0.1, 0.15) is 5.69 Å². The molecule has 0 spiro atoms. The van der Waals surface area contributed by atoms with Gasteiger partial charge in [0, 0.05) is 25.3 Å². The number of ether oxygens (including phenoxy) is 1. The molecule has 0 N–H and O–H groups in total. The highest BCUT2D eigenvalue weighted by atomic mass is 35.5. The minimum absolute atomic E-state index is 0.0152. The van der Waals surface area contributed by atoms with Gasteiger partial charge in [-0.3, -0.25) is 4.68 Å². The van der Waals surface area contributed by atoms with Crippen molar-refractivity contribution in [3.63, 3.8) is 0 Å². The van der Waals surface area contributed by atoms with Gasteiger partial charge in [-0.2, -0.15) is 0 Å². The number of hydrogen-bond donors (Lipinski definition) is 0. The number of rotatable bonds is 4. The van der Waals surface area contributed by atoms with E-state index >= 15 is 0 Å². The highest BCUT2D eigenvalue weighted by Crippen LogP contribution is 2.21. The third-order valence-electron chi connectivity index (χ3n) is 2.70. The van der Waals surface area contributed by atoms with Crippen LogP contribution in [0.2, 0.25) is 0 Å². The Bertz CT molecular complexity index is 309. The van der Waals surface area contributed by atoms with Gasteiger partial charge in [0.25, 0.3) is 0 Å². The smallest absolute Gasteiger partial charge is 0.100 e. The van der Waals surface area contributed by atoms with Crippen molar-refractivity contribution in [2.45, 2.75) is 31.7 Å². The largest absolute Gasteiger partial charge is 0.381 e. The minimum Gasteiger partial charge on any atom is -0.381 e. The van der Waals surface area contributed by atoms with E-state index in [1.165, 1.54) is 0 Å². The summed E-state index contributed by atoms with van der Waals surface area (Å²) < 4.78 is 7.19. The van der Waals surface area contributed by atoms with Gasteiger partial charge in [0.05, 0.1) is 12.0 Å². The Balaban J connectivity index is 1.94. The van der Waals surface area contributed by atoms with Crippen molar-refractivity contribution in [1.82, 2.24) is 15.0 Å². The molecular weight excluding hydrogens is 214 g/mol. The van der Waals surface area contributed by atoms with Crippen LogP contribution in [0.4, 0.5) is 0 Å². The summed E-state index contributed by atoms with van der Waals surface area (Å²) in [4.78, 5) is 0. The van der Waals surface area contributed by atoms with Gasteiger partial charge in [0.2, 0.25) is 0 Å². The van der Waals surface area contributed by atoms with Crippen molar-refractivity contribution >= 4 is 11.6 Å². The number of alkyl halides is 1. The molecule has 1 fully saturated rings. The zero-order valence-electron chi connectivity index (χ0n) is 8.90. The molecule has 0 radical (unpaired) electrons. The summed E-state index contributed by atoms with van der Waals surface area (Å²) in [5.41, 5.74) is 0.873. The molecule has 2 heterocycles. The number of aromatic nitrogens is 3. The fraction of sp³-hybridized carbons (Fsp3) is 0.800. The Morgan fingerprint density at radius 1 is 1.73 bits per heavy atom. The zero-order chi connectivity index (χ0) is 10.7. The lowest BCUT2D eigenvalue weighted by molar-refractivity contribution is 0.181. The molecule has 1 aromatic heterocycles. The van der Waals surface area contributed by atoms with Gasteiger partial charge < -0.3 is 4.74 Å². The summed E-state index contributed by atoms with van der Waals surface area (Å²) in [6, 6.07) is 0. The second-order valence-corrected chi connectivity index (χ2v) is 4.50. The molecule has 0 aliphatic carbocycles. The molecule has 5 heteroatoms. The molecule has 84 valence electrons. The topological polar surface area (TPSA) is 39.9 Å². The summed E-state index contributed by atoms with van der Waals surface area (Å²) in [5.74, 6) is 0.579. The number of hydrogen-bond acceptors (Lipinski definition) is 3. The average Bonchev–Trinajstić information content (AvgIpc) is 2.88. The Morgan fingerprint density at radius 2 is 2.60 bits per heavy atom. The van der Waals surface area contributed by atoms with Crippen molar-refractivity contribution in [3.8, 4) is 0 Å². The quantitative estimate of drug-likeness (QED) is 0.742. The standard InChI is InChI=1S/C10H16ClN3O/c1-2-9(11)10-6-14(13-12-10)5-8-3-4-15-7-8/h6,8-9H,2-5,7H2,1H3. The third kappa shape index (κ3) is 2.69. The molecule has 0 bridgehead atoms. The normalized spacial score (nSPS) is 23.2. The van der Waals surface area contributed by atoms with E-state index < -0.39 is 0 Å². The van der Waals surface area contributed by atoms with E-state index in [9.17, 15) is 0 Å². The van der Waals surface area contributed by atoms with Crippen LogP contribution in [0.15, 0.2) is 6.20 Å². The Kier molecular flexibility index (Phi) is 3.59. The van der Waals surface area contributed by atoms with Gasteiger partial charge in [-0.15, -0.1) is 16.7 Å². The maximum Gasteiger partial charge on any atom is 0.100 e. The van der Waals surface area contributed by atoms with E-state index in [1.807, 2.05) is 17.8 Å². The highest BCUT2D eigenvalue weighted by Gasteiger charge is 2.17. The maximum absolute atomic E-state index is 6.08. The summed E-state index contributed by atoms with van der Waals surface area (Å²) in [5, 5.41) is 8.13. The molecule has 1 saturated heterocycles. The summed E-state index contributed by atoms with van der Waals surface area (Å²) in [6.07, 6.45) is 3.94. The Hall–Kier alpha value is -0.610. The summed E-state index contributed by atoms with van der Waals surface area (Å²) in [6.45, 7) is 4.65. The Morgan fingerprint density at radius 3 is 3.27 bits per heavy atom. The molecule has 2 rings (SSSR count). The fourth-order valence-electron chi connectivity index (χ4n) is 1.75. The minimum atomic E-state index is -0.0152. The average molecular weight is 230 g/mol. The van der Waals surface area contributed by atoms with Crippen LogP contribution in [0.1, 0.15) is 30.8 Å². The molecule has 2 atom stereocenters. The molecule has 0 amide bonds. The SMILES string of the molecule is CCC(Cl)c1cn(CC2CCOC2)nn1. The maximum atomic E-state index is 6.08. The van der Waals surface area contributed by atoms with Crippen LogP contribution in [-0.2, 0) is 11.3 Å². The summed E-state index contributed by atoms with van der Waals surface area (Å²) >= 11 is 6.08. The molecule has 1 aliphatic rings. The van der Waals surface area contributed by atoms with Crippen molar-refractivity contribution in [2.24, 2.45) is 5.92 Å². The van der Waals surface area contributed by atoms with Crippen LogP contribution in [0.5, 0.6) is 0 Å². The van der Waals surface area contributed by atoms with Crippen LogP contribution < -0.4 is 0 Å². The second-order valence-electron chi connectivity index (χ2n) is 3.97. The molecule has 1 aliphatic heterocycles. The van der Waals surface area contributed by atoms with E-state index in [0.717, 1.165) is 38.3 Å². The van der Waals surface area contributed by atoms with Crippen LogP contribution in [0.3, 0.4) is 0 Å². The van der Waals surface area contributed by atoms with E-state index in [1.54, 1.807) is 0 Å². The molecular formula is C10H16ClN3O. The second kappa shape index (κ2) is 4.94. The predicted octanol–water partition coefficient (Wildman–Crippen LogP) is 2.00. The van der Waals surface area contributed by atoms with Crippen LogP contribution in [0.25, 0.3) is 0 Å².